The molecule has 0 radical (unpaired) electrons. The number of halogens is 2. The zero-order chi connectivity index (χ0) is 13.4. The van der Waals surface area contributed by atoms with Crippen molar-refractivity contribution >= 4 is 34.4 Å². The van der Waals surface area contributed by atoms with Crippen LogP contribution in [0.3, 0.4) is 0 Å². The first-order valence-electron chi connectivity index (χ1n) is 5.69. The van der Waals surface area contributed by atoms with E-state index in [4.69, 9.17) is 11.6 Å². The van der Waals surface area contributed by atoms with Crippen LogP contribution in [-0.2, 0) is 7.05 Å². The summed E-state index contributed by atoms with van der Waals surface area (Å²) in [7, 11) is 1.88. The van der Waals surface area contributed by atoms with E-state index in [0.29, 0.717) is 10.5 Å². The molecule has 1 heterocycles. The molecule has 19 heavy (non-hydrogen) atoms. The zero-order valence-corrected chi connectivity index (χ0v) is 11.7. The second-order valence-corrected chi connectivity index (χ2v) is 5.60. The molecule has 0 spiro atoms. The molecule has 2 nitrogen and oxygen atoms in total. The summed E-state index contributed by atoms with van der Waals surface area (Å²) in [4.78, 5) is 5.32. The maximum absolute atomic E-state index is 13.7. The number of hydrogen-bond donors (Lipinski definition) is 0. The van der Waals surface area contributed by atoms with Crippen LogP contribution in [0, 0.1) is 5.82 Å². The third kappa shape index (κ3) is 2.33. The first kappa shape index (κ1) is 12.5. The number of hydrogen-bond acceptors (Lipinski definition) is 2. The Hall–Kier alpha value is -1.52. The van der Waals surface area contributed by atoms with Gasteiger partial charge in [-0.05, 0) is 30.3 Å². The van der Waals surface area contributed by atoms with Crippen LogP contribution in [-0.4, -0.2) is 9.55 Å². The maximum Gasteiger partial charge on any atom is 0.173 e. The van der Waals surface area contributed by atoms with Gasteiger partial charge >= 0.3 is 0 Å². The molecule has 5 heteroatoms. The van der Waals surface area contributed by atoms with Crippen molar-refractivity contribution in [3.63, 3.8) is 0 Å². The minimum atomic E-state index is -0.300. The summed E-state index contributed by atoms with van der Waals surface area (Å²) in [6, 6.07) is 12.5. The Morgan fingerprint density at radius 1 is 1.21 bits per heavy atom. The van der Waals surface area contributed by atoms with E-state index in [1.54, 1.807) is 6.07 Å². The Kier molecular flexibility index (Phi) is 3.21. The summed E-state index contributed by atoms with van der Waals surface area (Å²) in [6.45, 7) is 0. The molecule has 3 rings (SSSR count). The van der Waals surface area contributed by atoms with Crippen molar-refractivity contribution in [2.45, 2.75) is 10.1 Å². The Labute approximate surface area is 119 Å². The highest BCUT2D eigenvalue weighted by Gasteiger charge is 2.12. The largest absolute Gasteiger partial charge is 0.322 e. The van der Waals surface area contributed by atoms with Crippen LogP contribution in [0.5, 0.6) is 0 Å². The number of para-hydroxylation sites is 1. The standard InChI is InChI=1S/C14H10ClFN2S/c1-18-12-7-3-6-11(16)13(12)17-14(18)19-10-5-2-4-9(15)8-10/h2-8H,1H3. The van der Waals surface area contributed by atoms with Crippen LogP contribution in [0.2, 0.25) is 5.02 Å². The molecule has 0 fully saturated rings. The van der Waals surface area contributed by atoms with Gasteiger partial charge in [-0.3, -0.25) is 0 Å². The molecule has 0 bridgehead atoms. The average Bonchev–Trinajstić information content (AvgIpc) is 2.69. The van der Waals surface area contributed by atoms with Gasteiger partial charge in [0.25, 0.3) is 0 Å². The van der Waals surface area contributed by atoms with Crippen LogP contribution in [0.25, 0.3) is 11.0 Å². The van der Waals surface area contributed by atoms with Crippen LogP contribution >= 0.6 is 23.4 Å². The van der Waals surface area contributed by atoms with E-state index < -0.39 is 0 Å². The molecule has 0 N–H and O–H groups in total. The van der Waals surface area contributed by atoms with Gasteiger partial charge in [-0.25, -0.2) is 9.37 Å². The number of aromatic nitrogens is 2. The van der Waals surface area contributed by atoms with Crippen molar-refractivity contribution in [3.05, 3.63) is 53.3 Å². The molecule has 0 aliphatic heterocycles. The lowest BCUT2D eigenvalue weighted by atomic mass is 10.3. The first-order chi connectivity index (χ1) is 9.15. The summed E-state index contributed by atoms with van der Waals surface area (Å²) in [5, 5.41) is 1.41. The quantitative estimate of drug-likeness (QED) is 0.691. The van der Waals surface area contributed by atoms with Gasteiger partial charge < -0.3 is 4.57 Å². The molecule has 0 saturated heterocycles. The number of rotatable bonds is 2. The number of benzene rings is 2. The molecule has 0 atom stereocenters. The minimum absolute atomic E-state index is 0.300. The number of nitrogens with zero attached hydrogens (tertiary/aromatic N) is 2. The van der Waals surface area contributed by atoms with Crippen molar-refractivity contribution in [1.82, 2.24) is 9.55 Å². The maximum atomic E-state index is 13.7. The molecule has 3 aromatic rings. The molecule has 0 amide bonds. The smallest absolute Gasteiger partial charge is 0.173 e. The van der Waals surface area contributed by atoms with Crippen molar-refractivity contribution in [3.8, 4) is 0 Å². The number of aryl methyl sites for hydroxylation is 1. The van der Waals surface area contributed by atoms with E-state index in [1.807, 2.05) is 41.9 Å². The van der Waals surface area contributed by atoms with Crippen LogP contribution in [0.1, 0.15) is 0 Å². The lowest BCUT2D eigenvalue weighted by Gasteiger charge is -2.02. The minimum Gasteiger partial charge on any atom is -0.322 e. The molecule has 96 valence electrons. The SMILES string of the molecule is Cn1c(Sc2cccc(Cl)c2)nc2c(F)cccc21. The second-order valence-electron chi connectivity index (χ2n) is 4.12. The topological polar surface area (TPSA) is 17.8 Å². The molecular weight excluding hydrogens is 283 g/mol. The van der Waals surface area contributed by atoms with Gasteiger partial charge in [-0.2, -0.15) is 0 Å². The van der Waals surface area contributed by atoms with Crippen LogP contribution in [0.15, 0.2) is 52.5 Å². The van der Waals surface area contributed by atoms with E-state index in [2.05, 4.69) is 4.98 Å². The zero-order valence-electron chi connectivity index (χ0n) is 10.1. The van der Waals surface area contributed by atoms with E-state index in [1.165, 1.54) is 17.8 Å². The Bertz CT molecular complexity index is 754. The van der Waals surface area contributed by atoms with Crippen LogP contribution in [0.4, 0.5) is 4.39 Å². The molecule has 1 aromatic heterocycles. The highest BCUT2D eigenvalue weighted by Crippen LogP contribution is 2.31. The fraction of sp³-hybridized carbons (Fsp3) is 0.0714. The Balaban J connectivity index is 2.06. The Morgan fingerprint density at radius 2 is 2.00 bits per heavy atom. The van der Waals surface area contributed by atoms with Gasteiger partial charge in [0.2, 0.25) is 0 Å². The Morgan fingerprint density at radius 3 is 2.74 bits per heavy atom. The predicted molar refractivity (Wildman–Crippen MR) is 76.2 cm³/mol. The lowest BCUT2D eigenvalue weighted by Crippen LogP contribution is -1.90. The summed E-state index contributed by atoms with van der Waals surface area (Å²) >= 11 is 7.42. The third-order valence-corrected chi connectivity index (χ3v) is 4.10. The fourth-order valence-electron chi connectivity index (χ4n) is 1.89. The highest BCUT2D eigenvalue weighted by molar-refractivity contribution is 7.99. The van der Waals surface area contributed by atoms with Crippen molar-refractivity contribution in [1.29, 1.82) is 0 Å². The summed E-state index contributed by atoms with van der Waals surface area (Å²) < 4.78 is 15.6. The van der Waals surface area contributed by atoms with Gasteiger partial charge in [0, 0.05) is 17.0 Å². The predicted octanol–water partition coefficient (Wildman–Crippen LogP) is 4.52. The summed E-state index contributed by atoms with van der Waals surface area (Å²) in [5.74, 6) is -0.300. The normalized spacial score (nSPS) is 11.1. The van der Waals surface area contributed by atoms with Gasteiger partial charge in [0.05, 0.1) is 5.52 Å². The molecule has 0 aliphatic carbocycles. The number of fused-ring (bicyclic) bond motifs is 1. The molecule has 2 aromatic carbocycles. The van der Waals surface area contributed by atoms with E-state index in [0.717, 1.165) is 15.6 Å². The van der Waals surface area contributed by atoms with Crippen LogP contribution < -0.4 is 0 Å². The average molecular weight is 293 g/mol. The van der Waals surface area contributed by atoms with Crippen molar-refractivity contribution < 1.29 is 4.39 Å². The highest BCUT2D eigenvalue weighted by atomic mass is 35.5. The van der Waals surface area contributed by atoms with E-state index in [-0.39, 0.29) is 5.82 Å². The van der Waals surface area contributed by atoms with Gasteiger partial charge in [0.15, 0.2) is 11.0 Å². The van der Waals surface area contributed by atoms with Crippen molar-refractivity contribution in [2.75, 3.05) is 0 Å². The monoisotopic (exact) mass is 292 g/mol. The third-order valence-electron chi connectivity index (χ3n) is 2.83. The lowest BCUT2D eigenvalue weighted by molar-refractivity contribution is 0.637. The summed E-state index contributed by atoms with van der Waals surface area (Å²) in [6.07, 6.45) is 0. The first-order valence-corrected chi connectivity index (χ1v) is 6.89. The summed E-state index contributed by atoms with van der Waals surface area (Å²) in [5.41, 5.74) is 1.18. The fourth-order valence-corrected chi connectivity index (χ4v) is 3.06. The van der Waals surface area contributed by atoms with Crippen molar-refractivity contribution in [2.24, 2.45) is 7.05 Å². The van der Waals surface area contributed by atoms with Gasteiger partial charge in [0.1, 0.15) is 5.52 Å². The van der Waals surface area contributed by atoms with E-state index in [9.17, 15) is 4.39 Å². The number of imidazole rings is 1. The molecule has 0 saturated carbocycles. The molecule has 0 aliphatic rings. The van der Waals surface area contributed by atoms with Gasteiger partial charge in [-0.15, -0.1) is 0 Å². The molecule has 0 unspecified atom stereocenters. The molecular formula is C14H10ClFN2S. The second kappa shape index (κ2) is 4.87. The van der Waals surface area contributed by atoms with Gasteiger partial charge in [-0.1, -0.05) is 35.5 Å². The van der Waals surface area contributed by atoms with E-state index >= 15 is 0 Å².